The van der Waals surface area contributed by atoms with E-state index >= 15 is 0 Å². The molecule has 0 aliphatic carbocycles. The molecule has 0 bridgehead atoms. The highest BCUT2D eigenvalue weighted by Gasteiger charge is 2.29. The highest BCUT2D eigenvalue weighted by atomic mass is 32.2. The molecular formula is C22H28N4O2S. The predicted molar refractivity (Wildman–Crippen MR) is 117 cm³/mol. The van der Waals surface area contributed by atoms with Crippen LogP contribution in [-0.2, 0) is 16.6 Å². The van der Waals surface area contributed by atoms with Crippen molar-refractivity contribution in [2.75, 3.05) is 25.9 Å². The quantitative estimate of drug-likeness (QED) is 0.650. The maximum absolute atomic E-state index is 12.1. The molecule has 1 fully saturated rings. The van der Waals surface area contributed by atoms with E-state index in [2.05, 4.69) is 58.0 Å². The summed E-state index contributed by atoms with van der Waals surface area (Å²) in [5, 5.41) is 12.1. The third-order valence-corrected chi connectivity index (χ3v) is 7.73. The van der Waals surface area contributed by atoms with Crippen LogP contribution < -0.4 is 5.32 Å². The molecule has 3 aromatic rings. The molecule has 1 aliphatic heterocycles. The molecular weight excluding hydrogens is 384 g/mol. The summed E-state index contributed by atoms with van der Waals surface area (Å²) in [5.41, 5.74) is 5.70. The third-order valence-electron chi connectivity index (χ3n) is 5.85. The van der Waals surface area contributed by atoms with Gasteiger partial charge in [-0.15, -0.1) is 0 Å². The molecule has 0 spiro atoms. The van der Waals surface area contributed by atoms with E-state index < -0.39 is 10.0 Å². The van der Waals surface area contributed by atoms with Gasteiger partial charge in [-0.1, -0.05) is 24.3 Å². The van der Waals surface area contributed by atoms with Gasteiger partial charge in [-0.25, -0.2) is 12.7 Å². The van der Waals surface area contributed by atoms with Crippen LogP contribution in [-0.4, -0.2) is 48.8 Å². The first kappa shape index (κ1) is 20.1. The molecule has 7 heteroatoms. The fourth-order valence-electron chi connectivity index (χ4n) is 4.19. The fourth-order valence-corrected chi connectivity index (χ4v) is 5.32. The van der Waals surface area contributed by atoms with Crippen molar-refractivity contribution in [1.82, 2.24) is 19.8 Å². The number of nitrogens with one attached hydrogen (secondary N) is 2. The molecule has 4 rings (SSSR count). The molecule has 6 nitrogen and oxygen atoms in total. The standard InChI is InChI=1S/C22H28N4O2S/c1-3-29(27,28)26-11-9-17(10-12-26)22-20-14-19(7-8-21(20)24-25-22)18-6-4-5-16(13-18)15-23-2/h4-8,13-14,17,23H,3,9-12,15H2,1-2H3,(H,24,25). The second-order valence-electron chi connectivity index (χ2n) is 7.67. The summed E-state index contributed by atoms with van der Waals surface area (Å²) >= 11 is 0. The van der Waals surface area contributed by atoms with Crippen molar-refractivity contribution in [2.45, 2.75) is 32.2 Å². The first-order valence-corrected chi connectivity index (χ1v) is 11.8. The van der Waals surface area contributed by atoms with E-state index in [1.807, 2.05) is 7.05 Å². The van der Waals surface area contributed by atoms with Gasteiger partial charge < -0.3 is 5.32 Å². The molecule has 1 saturated heterocycles. The lowest BCUT2D eigenvalue weighted by Gasteiger charge is -2.30. The lowest BCUT2D eigenvalue weighted by atomic mass is 9.91. The monoisotopic (exact) mass is 412 g/mol. The molecule has 0 atom stereocenters. The molecule has 2 heterocycles. The second kappa shape index (κ2) is 8.26. The summed E-state index contributed by atoms with van der Waals surface area (Å²) in [6, 6.07) is 14.9. The molecule has 2 N–H and O–H groups in total. The first-order valence-electron chi connectivity index (χ1n) is 10.2. The van der Waals surface area contributed by atoms with Crippen LogP contribution in [0.3, 0.4) is 0 Å². The van der Waals surface area contributed by atoms with E-state index in [1.54, 1.807) is 11.2 Å². The highest BCUT2D eigenvalue weighted by molar-refractivity contribution is 7.89. The number of benzene rings is 2. The molecule has 0 saturated carbocycles. The van der Waals surface area contributed by atoms with Gasteiger partial charge in [0, 0.05) is 36.6 Å². The van der Waals surface area contributed by atoms with Crippen molar-refractivity contribution < 1.29 is 8.42 Å². The minimum absolute atomic E-state index is 0.167. The molecule has 0 unspecified atom stereocenters. The van der Waals surface area contributed by atoms with E-state index in [9.17, 15) is 8.42 Å². The zero-order valence-corrected chi connectivity index (χ0v) is 17.8. The van der Waals surface area contributed by atoms with E-state index in [-0.39, 0.29) is 5.75 Å². The van der Waals surface area contributed by atoms with Gasteiger partial charge in [0.05, 0.1) is 11.3 Å². The Hall–Kier alpha value is -2.22. The summed E-state index contributed by atoms with van der Waals surface area (Å²) in [6.07, 6.45) is 1.64. The predicted octanol–water partition coefficient (Wildman–Crippen LogP) is 3.48. The van der Waals surface area contributed by atoms with E-state index in [4.69, 9.17) is 0 Å². The van der Waals surface area contributed by atoms with Gasteiger partial charge in [-0.2, -0.15) is 5.10 Å². The summed E-state index contributed by atoms with van der Waals surface area (Å²) in [4.78, 5) is 0. The molecule has 29 heavy (non-hydrogen) atoms. The van der Waals surface area contributed by atoms with Crippen molar-refractivity contribution in [2.24, 2.45) is 0 Å². The smallest absolute Gasteiger partial charge is 0.213 e. The number of nitrogens with zero attached hydrogens (tertiary/aromatic N) is 2. The topological polar surface area (TPSA) is 78.1 Å². The Morgan fingerprint density at radius 2 is 1.90 bits per heavy atom. The van der Waals surface area contributed by atoms with Crippen LogP contribution in [0.5, 0.6) is 0 Å². The Balaban J connectivity index is 1.61. The Kier molecular flexibility index (Phi) is 5.72. The molecule has 1 aromatic heterocycles. The van der Waals surface area contributed by atoms with Crippen LogP contribution in [0.15, 0.2) is 42.5 Å². The molecule has 0 radical (unpaired) electrons. The lowest BCUT2D eigenvalue weighted by Crippen LogP contribution is -2.38. The van der Waals surface area contributed by atoms with Crippen LogP contribution >= 0.6 is 0 Å². The van der Waals surface area contributed by atoms with Crippen LogP contribution in [0.1, 0.15) is 36.9 Å². The van der Waals surface area contributed by atoms with Gasteiger partial charge in [-0.3, -0.25) is 5.10 Å². The zero-order valence-electron chi connectivity index (χ0n) is 17.0. The zero-order chi connectivity index (χ0) is 20.4. The van der Waals surface area contributed by atoms with Crippen LogP contribution in [0.4, 0.5) is 0 Å². The average molecular weight is 413 g/mol. The molecule has 154 valence electrons. The fraction of sp³-hybridized carbons (Fsp3) is 0.409. The lowest BCUT2D eigenvalue weighted by molar-refractivity contribution is 0.318. The highest BCUT2D eigenvalue weighted by Crippen LogP contribution is 2.34. The molecule has 1 aliphatic rings. The number of hydrogen-bond acceptors (Lipinski definition) is 4. The van der Waals surface area contributed by atoms with E-state index in [0.29, 0.717) is 19.0 Å². The van der Waals surface area contributed by atoms with Crippen molar-refractivity contribution in [3.05, 3.63) is 53.7 Å². The normalized spacial score (nSPS) is 16.5. The summed E-state index contributed by atoms with van der Waals surface area (Å²) < 4.78 is 25.9. The summed E-state index contributed by atoms with van der Waals surface area (Å²) in [6.45, 7) is 3.70. The largest absolute Gasteiger partial charge is 0.316 e. The number of H-pyrrole nitrogens is 1. The second-order valence-corrected chi connectivity index (χ2v) is 9.93. The number of hydrogen-bond donors (Lipinski definition) is 2. The first-order chi connectivity index (χ1) is 14.0. The van der Waals surface area contributed by atoms with Gasteiger partial charge >= 0.3 is 0 Å². The number of aromatic nitrogens is 2. The van der Waals surface area contributed by atoms with Gasteiger partial charge in [-0.05, 0) is 61.7 Å². The third kappa shape index (κ3) is 4.08. The molecule has 0 amide bonds. The van der Waals surface area contributed by atoms with Gasteiger partial charge in [0.25, 0.3) is 0 Å². The minimum atomic E-state index is -3.11. The van der Waals surface area contributed by atoms with Crippen LogP contribution in [0.2, 0.25) is 0 Å². The van der Waals surface area contributed by atoms with E-state index in [0.717, 1.165) is 36.0 Å². The molecule has 2 aromatic carbocycles. The van der Waals surface area contributed by atoms with E-state index in [1.165, 1.54) is 16.7 Å². The summed E-state index contributed by atoms with van der Waals surface area (Å²) in [5.74, 6) is 0.467. The number of fused-ring (bicyclic) bond motifs is 1. The number of piperidine rings is 1. The maximum Gasteiger partial charge on any atom is 0.213 e. The van der Waals surface area contributed by atoms with Gasteiger partial charge in [0.2, 0.25) is 10.0 Å². The Morgan fingerprint density at radius 1 is 1.14 bits per heavy atom. The maximum atomic E-state index is 12.1. The summed E-state index contributed by atoms with van der Waals surface area (Å²) in [7, 11) is -1.15. The SMILES string of the molecule is CCS(=O)(=O)N1CCC(c2[nH]nc3ccc(-c4cccc(CNC)c4)cc23)CC1. The van der Waals surface area contributed by atoms with Gasteiger partial charge in [0.15, 0.2) is 0 Å². The average Bonchev–Trinajstić information content (AvgIpc) is 3.17. The number of aromatic amines is 1. The van der Waals surface area contributed by atoms with Crippen LogP contribution in [0.25, 0.3) is 22.0 Å². The number of rotatable bonds is 6. The van der Waals surface area contributed by atoms with Crippen molar-refractivity contribution in [3.63, 3.8) is 0 Å². The van der Waals surface area contributed by atoms with Crippen molar-refractivity contribution >= 4 is 20.9 Å². The van der Waals surface area contributed by atoms with Gasteiger partial charge in [0.1, 0.15) is 0 Å². The Bertz CT molecular complexity index is 1100. The van der Waals surface area contributed by atoms with Crippen LogP contribution in [0, 0.1) is 0 Å². The minimum Gasteiger partial charge on any atom is -0.316 e. The Morgan fingerprint density at radius 3 is 2.62 bits per heavy atom. The number of sulfonamides is 1. The van der Waals surface area contributed by atoms with Crippen molar-refractivity contribution in [1.29, 1.82) is 0 Å². The Labute approximate surface area is 172 Å². The van der Waals surface area contributed by atoms with Crippen molar-refractivity contribution in [3.8, 4) is 11.1 Å².